The van der Waals surface area contributed by atoms with Crippen LogP contribution in [-0.2, 0) is 5.60 Å². The zero-order valence-corrected chi connectivity index (χ0v) is 18.2. The Labute approximate surface area is 177 Å². The standard InChI is InChI=1S/C22H23BrF3NO2/c1-5-27(3)11-7-8-16-13-20(29-4)19(12-15(16)2)21(28,22(24,25)26)17-9-6-10-18(23)14-17/h6,8-14,28H,5H2,1-4H3. The van der Waals surface area contributed by atoms with Gasteiger partial charge in [0.15, 0.2) is 0 Å². The molecule has 29 heavy (non-hydrogen) atoms. The molecule has 0 radical (unpaired) electrons. The number of aryl methyl sites for hydroxylation is 1. The van der Waals surface area contributed by atoms with Gasteiger partial charge in [-0.25, -0.2) is 0 Å². The summed E-state index contributed by atoms with van der Waals surface area (Å²) in [5.41, 5.74) is 0.304. The van der Waals surface area contributed by atoms with Gasteiger partial charge in [0, 0.05) is 29.8 Å². The molecule has 0 aliphatic heterocycles. The van der Waals surface area contributed by atoms with Gasteiger partial charge in [-0.15, -0.1) is 5.73 Å². The Morgan fingerprint density at radius 2 is 1.93 bits per heavy atom. The maximum absolute atomic E-state index is 14.1. The number of benzene rings is 2. The minimum absolute atomic E-state index is 0.0627. The summed E-state index contributed by atoms with van der Waals surface area (Å²) in [4.78, 5) is 1.91. The van der Waals surface area contributed by atoms with Gasteiger partial charge in [0.05, 0.1) is 7.11 Å². The molecule has 156 valence electrons. The molecule has 2 rings (SSSR count). The molecule has 0 aromatic heterocycles. The molecule has 1 atom stereocenters. The number of hydrogen-bond donors (Lipinski definition) is 1. The van der Waals surface area contributed by atoms with Crippen LogP contribution < -0.4 is 4.74 Å². The number of alkyl halides is 3. The van der Waals surface area contributed by atoms with Crippen molar-refractivity contribution in [1.29, 1.82) is 0 Å². The topological polar surface area (TPSA) is 32.7 Å². The number of ether oxygens (including phenoxy) is 1. The molecule has 0 bridgehead atoms. The summed E-state index contributed by atoms with van der Waals surface area (Å²) < 4.78 is 48.1. The Hall–Kier alpha value is -2.21. The van der Waals surface area contributed by atoms with E-state index in [-0.39, 0.29) is 16.9 Å². The number of rotatable bonds is 6. The maximum atomic E-state index is 14.1. The lowest BCUT2D eigenvalue weighted by atomic mass is 9.83. The first kappa shape index (κ1) is 23.1. The van der Waals surface area contributed by atoms with E-state index >= 15 is 0 Å². The van der Waals surface area contributed by atoms with E-state index in [2.05, 4.69) is 21.7 Å². The molecule has 1 unspecified atom stereocenters. The fourth-order valence-corrected chi connectivity index (χ4v) is 3.24. The van der Waals surface area contributed by atoms with Gasteiger partial charge in [0.25, 0.3) is 0 Å². The van der Waals surface area contributed by atoms with E-state index in [0.29, 0.717) is 15.6 Å². The molecular weight excluding hydrogens is 447 g/mol. The van der Waals surface area contributed by atoms with E-state index in [1.54, 1.807) is 25.3 Å². The molecule has 0 amide bonds. The highest BCUT2D eigenvalue weighted by Crippen LogP contribution is 2.48. The van der Waals surface area contributed by atoms with Crippen molar-refractivity contribution in [2.24, 2.45) is 0 Å². The van der Waals surface area contributed by atoms with Crippen LogP contribution in [0.1, 0.15) is 29.2 Å². The second-order valence-corrected chi connectivity index (χ2v) is 7.56. The molecule has 2 aromatic carbocycles. The summed E-state index contributed by atoms with van der Waals surface area (Å²) in [6, 6.07) is 8.32. The van der Waals surface area contributed by atoms with Crippen molar-refractivity contribution < 1.29 is 23.0 Å². The Morgan fingerprint density at radius 3 is 2.48 bits per heavy atom. The highest BCUT2D eigenvalue weighted by Gasteiger charge is 2.57. The van der Waals surface area contributed by atoms with E-state index in [0.717, 1.165) is 6.54 Å². The number of aliphatic hydroxyl groups is 1. The van der Waals surface area contributed by atoms with Crippen molar-refractivity contribution in [2.45, 2.75) is 25.6 Å². The third kappa shape index (κ3) is 4.86. The van der Waals surface area contributed by atoms with Crippen LogP contribution in [0, 0.1) is 6.92 Å². The summed E-state index contributed by atoms with van der Waals surface area (Å²) in [7, 11) is 3.17. The average Bonchev–Trinajstić information content (AvgIpc) is 2.67. The quantitative estimate of drug-likeness (QED) is 0.555. The number of methoxy groups -OCH3 is 1. The van der Waals surface area contributed by atoms with Crippen LogP contribution in [0.2, 0.25) is 0 Å². The molecule has 2 aromatic rings. The van der Waals surface area contributed by atoms with Gasteiger partial charge in [0.1, 0.15) is 5.75 Å². The molecule has 0 aliphatic rings. The molecule has 0 fully saturated rings. The molecule has 0 saturated carbocycles. The molecule has 0 heterocycles. The van der Waals surface area contributed by atoms with Crippen molar-refractivity contribution in [1.82, 2.24) is 4.90 Å². The van der Waals surface area contributed by atoms with E-state index in [1.807, 2.05) is 18.9 Å². The predicted molar refractivity (Wildman–Crippen MR) is 112 cm³/mol. The highest BCUT2D eigenvalue weighted by atomic mass is 79.9. The Kier molecular flexibility index (Phi) is 7.22. The normalized spacial score (nSPS) is 13.3. The second kappa shape index (κ2) is 9.08. The lowest BCUT2D eigenvalue weighted by Gasteiger charge is -2.33. The van der Waals surface area contributed by atoms with Crippen molar-refractivity contribution in [2.75, 3.05) is 20.7 Å². The van der Waals surface area contributed by atoms with Crippen LogP contribution in [0.3, 0.4) is 0 Å². The first-order valence-electron chi connectivity index (χ1n) is 8.91. The summed E-state index contributed by atoms with van der Waals surface area (Å²) in [5, 5.41) is 11.0. The second-order valence-electron chi connectivity index (χ2n) is 6.64. The molecular formula is C22H23BrF3NO2. The lowest BCUT2D eigenvalue weighted by Crippen LogP contribution is -2.43. The van der Waals surface area contributed by atoms with E-state index in [4.69, 9.17) is 4.74 Å². The smallest absolute Gasteiger partial charge is 0.425 e. The van der Waals surface area contributed by atoms with Crippen LogP contribution in [-0.4, -0.2) is 36.9 Å². The van der Waals surface area contributed by atoms with Gasteiger partial charge >= 0.3 is 6.18 Å². The summed E-state index contributed by atoms with van der Waals surface area (Å²) in [5.74, 6) is -0.0627. The van der Waals surface area contributed by atoms with Crippen LogP contribution >= 0.6 is 15.9 Å². The predicted octanol–water partition coefficient (Wildman–Crippen LogP) is 5.64. The van der Waals surface area contributed by atoms with Crippen LogP contribution in [0.15, 0.2) is 52.8 Å². The summed E-state index contributed by atoms with van der Waals surface area (Å²) >= 11 is 3.17. The summed E-state index contributed by atoms with van der Waals surface area (Å²) in [6.07, 6.45) is -1.55. The van der Waals surface area contributed by atoms with Gasteiger partial charge < -0.3 is 14.7 Å². The monoisotopic (exact) mass is 469 g/mol. The molecule has 3 nitrogen and oxygen atoms in total. The van der Waals surface area contributed by atoms with Gasteiger partial charge in [-0.3, -0.25) is 0 Å². The van der Waals surface area contributed by atoms with Gasteiger partial charge in [-0.2, -0.15) is 13.2 Å². The van der Waals surface area contributed by atoms with Gasteiger partial charge in [-0.1, -0.05) is 28.1 Å². The third-order valence-corrected chi connectivity index (χ3v) is 5.16. The van der Waals surface area contributed by atoms with Crippen molar-refractivity contribution in [3.8, 4) is 5.75 Å². The molecule has 1 N–H and O–H groups in total. The van der Waals surface area contributed by atoms with E-state index < -0.39 is 11.8 Å². The minimum Gasteiger partial charge on any atom is -0.496 e. The Bertz CT molecular complexity index is 936. The van der Waals surface area contributed by atoms with E-state index in [1.165, 1.54) is 37.4 Å². The Morgan fingerprint density at radius 1 is 1.24 bits per heavy atom. The molecule has 0 saturated heterocycles. The van der Waals surface area contributed by atoms with Crippen molar-refractivity contribution in [3.05, 3.63) is 75.1 Å². The molecule has 0 spiro atoms. The lowest BCUT2D eigenvalue weighted by molar-refractivity contribution is -0.248. The van der Waals surface area contributed by atoms with E-state index in [9.17, 15) is 18.3 Å². The maximum Gasteiger partial charge on any atom is 0.425 e. The van der Waals surface area contributed by atoms with Gasteiger partial charge in [0.2, 0.25) is 5.60 Å². The van der Waals surface area contributed by atoms with Crippen LogP contribution in [0.25, 0.3) is 6.08 Å². The number of hydrogen-bond acceptors (Lipinski definition) is 3. The molecule has 0 aliphatic carbocycles. The fourth-order valence-electron chi connectivity index (χ4n) is 2.84. The number of halogens is 4. The average molecular weight is 470 g/mol. The largest absolute Gasteiger partial charge is 0.496 e. The SMILES string of the molecule is CCN(C)C=C=Cc1cc(OC)c(C(O)(c2cccc(Br)c2)C(F)(F)F)cc1C. The van der Waals surface area contributed by atoms with Crippen LogP contribution in [0.5, 0.6) is 5.75 Å². The molecule has 7 heteroatoms. The highest BCUT2D eigenvalue weighted by molar-refractivity contribution is 9.10. The Balaban J connectivity index is 2.70. The van der Waals surface area contributed by atoms with Crippen molar-refractivity contribution in [3.63, 3.8) is 0 Å². The van der Waals surface area contributed by atoms with Crippen molar-refractivity contribution >= 4 is 22.0 Å². The first-order chi connectivity index (χ1) is 13.5. The third-order valence-electron chi connectivity index (χ3n) is 4.66. The zero-order valence-electron chi connectivity index (χ0n) is 16.6. The zero-order chi connectivity index (χ0) is 21.8. The number of nitrogens with zero attached hydrogens (tertiary/aromatic N) is 1. The minimum atomic E-state index is -4.96. The first-order valence-corrected chi connectivity index (χ1v) is 9.71. The fraction of sp³-hybridized carbons (Fsp3) is 0.318. The van der Waals surface area contributed by atoms with Crippen LogP contribution in [0.4, 0.5) is 13.2 Å². The van der Waals surface area contributed by atoms with Gasteiger partial charge in [-0.05, 0) is 60.9 Å². The summed E-state index contributed by atoms with van der Waals surface area (Å²) in [6.45, 7) is 4.46.